The van der Waals surface area contributed by atoms with E-state index in [1.165, 1.54) is 23.3 Å². The zero-order valence-electron chi connectivity index (χ0n) is 17.3. The van der Waals surface area contributed by atoms with Gasteiger partial charge in [0.05, 0.1) is 5.69 Å². The van der Waals surface area contributed by atoms with Crippen LogP contribution in [0.2, 0.25) is 0 Å². The number of rotatable bonds is 5. The number of hydrogen-bond donors (Lipinski definition) is 0. The summed E-state index contributed by atoms with van der Waals surface area (Å²) in [4.78, 5) is 19.8. The maximum Gasteiger partial charge on any atom is 0.154 e. The molecule has 3 aromatic rings. The van der Waals surface area contributed by atoms with E-state index in [4.69, 9.17) is 0 Å². The molecule has 3 heterocycles. The van der Waals surface area contributed by atoms with Crippen LogP contribution in [0.3, 0.4) is 0 Å². The lowest BCUT2D eigenvalue weighted by Gasteiger charge is -2.36. The molecule has 2 aliphatic rings. The molecule has 0 bridgehead atoms. The highest BCUT2D eigenvalue weighted by Gasteiger charge is 2.27. The number of anilines is 2. The average molecular weight is 417 g/mol. The van der Waals surface area contributed by atoms with E-state index in [0.29, 0.717) is 12.0 Å². The molecule has 6 nitrogen and oxygen atoms in total. The third kappa shape index (κ3) is 4.00. The van der Waals surface area contributed by atoms with Crippen LogP contribution < -0.4 is 9.80 Å². The van der Waals surface area contributed by atoms with Crippen LogP contribution in [0, 0.1) is 5.82 Å². The molecule has 0 unspecified atom stereocenters. The van der Waals surface area contributed by atoms with Gasteiger partial charge in [0, 0.05) is 49.9 Å². The first-order valence-electron chi connectivity index (χ1n) is 10.7. The minimum Gasteiger partial charge on any atom is -0.353 e. The van der Waals surface area contributed by atoms with E-state index in [0.717, 1.165) is 74.6 Å². The van der Waals surface area contributed by atoms with Crippen molar-refractivity contribution >= 4 is 17.9 Å². The van der Waals surface area contributed by atoms with Gasteiger partial charge in [0.25, 0.3) is 0 Å². The molecule has 0 N–H and O–H groups in total. The summed E-state index contributed by atoms with van der Waals surface area (Å²) in [6.07, 6.45) is 6.30. The van der Waals surface area contributed by atoms with Crippen molar-refractivity contribution in [3.05, 3.63) is 76.4 Å². The molecule has 1 aliphatic heterocycles. The van der Waals surface area contributed by atoms with Crippen LogP contribution in [0.25, 0.3) is 0 Å². The van der Waals surface area contributed by atoms with Crippen molar-refractivity contribution < 1.29 is 9.18 Å². The zero-order chi connectivity index (χ0) is 21.2. The Labute approximate surface area is 180 Å². The molecular formula is C24H24FN5O. The lowest BCUT2D eigenvalue weighted by atomic mass is 10.0. The van der Waals surface area contributed by atoms with Crippen molar-refractivity contribution in [2.75, 3.05) is 36.0 Å². The number of halogens is 1. The Bertz CT molecular complexity index is 1080. The highest BCUT2D eigenvalue weighted by Crippen LogP contribution is 2.32. The maximum atomic E-state index is 13.2. The smallest absolute Gasteiger partial charge is 0.154 e. The van der Waals surface area contributed by atoms with Gasteiger partial charge in [-0.25, -0.2) is 9.37 Å². The van der Waals surface area contributed by atoms with Gasteiger partial charge in [-0.2, -0.15) is 5.10 Å². The van der Waals surface area contributed by atoms with Gasteiger partial charge in [0.2, 0.25) is 0 Å². The van der Waals surface area contributed by atoms with Crippen LogP contribution in [0.15, 0.2) is 42.6 Å². The zero-order valence-corrected chi connectivity index (χ0v) is 17.3. The number of aromatic nitrogens is 3. The fraction of sp³-hybridized carbons (Fsp3) is 0.333. The molecule has 0 amide bonds. The molecule has 0 saturated carbocycles. The summed E-state index contributed by atoms with van der Waals surface area (Å²) in [7, 11) is 0. The minimum atomic E-state index is -0.218. The Hall–Kier alpha value is -3.35. The first-order chi connectivity index (χ1) is 15.2. The number of hydrogen-bond acceptors (Lipinski definition) is 6. The van der Waals surface area contributed by atoms with E-state index >= 15 is 0 Å². The molecule has 1 saturated heterocycles. The standard InChI is InChI=1S/C24H24FN5O/c25-19-7-4-17(5-8-19)14-22-20-2-1-3-21(20)24(28-27-22)30-12-10-29(11-13-30)23-9-6-18(16-31)15-26-23/h4-9,15-16H,1-3,10-14H2. The number of nitrogens with zero attached hydrogens (tertiary/aromatic N) is 5. The molecule has 1 fully saturated rings. The van der Waals surface area contributed by atoms with Gasteiger partial charge in [0.15, 0.2) is 12.1 Å². The molecule has 5 rings (SSSR count). The average Bonchev–Trinajstić information content (AvgIpc) is 3.32. The van der Waals surface area contributed by atoms with E-state index < -0.39 is 0 Å². The van der Waals surface area contributed by atoms with Crippen molar-refractivity contribution in [3.8, 4) is 0 Å². The van der Waals surface area contributed by atoms with Gasteiger partial charge in [-0.15, -0.1) is 5.10 Å². The van der Waals surface area contributed by atoms with E-state index in [2.05, 4.69) is 25.0 Å². The van der Waals surface area contributed by atoms with Gasteiger partial charge in [-0.3, -0.25) is 4.79 Å². The molecule has 158 valence electrons. The minimum absolute atomic E-state index is 0.218. The largest absolute Gasteiger partial charge is 0.353 e. The highest BCUT2D eigenvalue weighted by molar-refractivity contribution is 5.74. The Balaban J connectivity index is 1.31. The Kier molecular flexibility index (Phi) is 5.32. The number of carbonyl (C=O) groups excluding carboxylic acids is 1. The van der Waals surface area contributed by atoms with Gasteiger partial charge in [-0.05, 0) is 54.7 Å². The summed E-state index contributed by atoms with van der Waals surface area (Å²) >= 11 is 0. The molecule has 0 radical (unpaired) electrons. The number of fused-ring (bicyclic) bond motifs is 1. The topological polar surface area (TPSA) is 62.2 Å². The van der Waals surface area contributed by atoms with Crippen molar-refractivity contribution in [2.24, 2.45) is 0 Å². The lowest BCUT2D eigenvalue weighted by Crippen LogP contribution is -2.47. The summed E-state index contributed by atoms with van der Waals surface area (Å²) in [6.45, 7) is 3.41. The van der Waals surface area contributed by atoms with E-state index in [-0.39, 0.29) is 5.82 Å². The normalized spacial score (nSPS) is 15.8. The van der Waals surface area contributed by atoms with E-state index in [1.54, 1.807) is 12.3 Å². The third-order valence-corrected chi connectivity index (χ3v) is 6.20. The second-order valence-corrected chi connectivity index (χ2v) is 8.13. The monoisotopic (exact) mass is 417 g/mol. The molecule has 0 atom stereocenters. The Morgan fingerprint density at radius 1 is 0.903 bits per heavy atom. The number of pyridine rings is 1. The van der Waals surface area contributed by atoms with Crippen molar-refractivity contribution in [1.29, 1.82) is 0 Å². The second-order valence-electron chi connectivity index (χ2n) is 8.13. The summed E-state index contributed by atoms with van der Waals surface area (Å²) in [5.41, 5.74) is 5.31. The van der Waals surface area contributed by atoms with Crippen LogP contribution in [0.1, 0.15) is 39.2 Å². The summed E-state index contributed by atoms with van der Waals surface area (Å²) in [6, 6.07) is 10.3. The quantitative estimate of drug-likeness (QED) is 0.594. The first kappa shape index (κ1) is 19.6. The van der Waals surface area contributed by atoms with Gasteiger partial charge in [0.1, 0.15) is 11.6 Å². The predicted molar refractivity (Wildman–Crippen MR) is 117 cm³/mol. The third-order valence-electron chi connectivity index (χ3n) is 6.20. The number of carbonyl (C=O) groups is 1. The van der Waals surface area contributed by atoms with Crippen LogP contribution in [-0.4, -0.2) is 47.6 Å². The van der Waals surface area contributed by atoms with Crippen molar-refractivity contribution in [2.45, 2.75) is 25.7 Å². The predicted octanol–water partition coefficient (Wildman–Crippen LogP) is 3.23. The molecular weight excluding hydrogens is 393 g/mol. The number of benzene rings is 1. The summed E-state index contributed by atoms with van der Waals surface area (Å²) in [5, 5.41) is 9.23. The lowest BCUT2D eigenvalue weighted by molar-refractivity contribution is 0.112. The molecule has 31 heavy (non-hydrogen) atoms. The van der Waals surface area contributed by atoms with E-state index in [1.807, 2.05) is 18.2 Å². The van der Waals surface area contributed by atoms with Gasteiger partial charge in [-0.1, -0.05) is 12.1 Å². The molecule has 0 spiro atoms. The van der Waals surface area contributed by atoms with Crippen molar-refractivity contribution in [1.82, 2.24) is 15.2 Å². The first-order valence-corrected chi connectivity index (χ1v) is 10.7. The summed E-state index contributed by atoms with van der Waals surface area (Å²) < 4.78 is 13.2. The Morgan fingerprint density at radius 3 is 2.35 bits per heavy atom. The van der Waals surface area contributed by atoms with Crippen LogP contribution in [0.5, 0.6) is 0 Å². The van der Waals surface area contributed by atoms with Crippen LogP contribution in [0.4, 0.5) is 16.0 Å². The highest BCUT2D eigenvalue weighted by atomic mass is 19.1. The SMILES string of the molecule is O=Cc1ccc(N2CCN(c3nnc(Cc4ccc(F)cc4)c4c3CCC4)CC2)nc1. The van der Waals surface area contributed by atoms with E-state index in [9.17, 15) is 9.18 Å². The summed E-state index contributed by atoms with van der Waals surface area (Å²) in [5.74, 6) is 1.69. The fourth-order valence-electron chi connectivity index (χ4n) is 4.53. The number of aldehydes is 1. The number of piperazine rings is 1. The van der Waals surface area contributed by atoms with Gasteiger partial charge >= 0.3 is 0 Å². The maximum absolute atomic E-state index is 13.2. The van der Waals surface area contributed by atoms with Crippen LogP contribution >= 0.6 is 0 Å². The Morgan fingerprint density at radius 2 is 1.65 bits per heavy atom. The fourth-order valence-corrected chi connectivity index (χ4v) is 4.53. The molecule has 2 aromatic heterocycles. The van der Waals surface area contributed by atoms with Gasteiger partial charge < -0.3 is 9.80 Å². The van der Waals surface area contributed by atoms with Crippen molar-refractivity contribution in [3.63, 3.8) is 0 Å². The molecule has 7 heteroatoms. The molecule has 1 aliphatic carbocycles. The second kappa shape index (κ2) is 8.41. The van der Waals surface area contributed by atoms with Crippen LogP contribution in [-0.2, 0) is 19.3 Å². The molecule has 1 aromatic carbocycles.